The molecule has 3 aromatic carbocycles. The van der Waals surface area contributed by atoms with E-state index in [1.807, 2.05) is 0 Å². The molecule has 2 heterocycles. The first-order valence-corrected chi connectivity index (χ1v) is 13.0. The third-order valence-electron chi connectivity index (χ3n) is 8.48. The third-order valence-corrected chi connectivity index (χ3v) is 8.48. The van der Waals surface area contributed by atoms with Crippen molar-refractivity contribution in [3.8, 4) is 0 Å². The Hall–Kier alpha value is -2.20. The standard InChI is InChI=1S/C30H36N2O/c33-30-13-7-6-12-29(30)32-20-25-18-24(26-10-4-5-11-27(26)28(25)21-32)19-31-16-14-23(15-17-31)22-8-2-1-3-9-22/h1-5,8-11,18,23,29-30,33H,6-7,12-17,19-21H2. The molecule has 2 atom stereocenters. The topological polar surface area (TPSA) is 26.7 Å². The van der Waals surface area contributed by atoms with Gasteiger partial charge < -0.3 is 5.11 Å². The number of nitrogens with zero attached hydrogens (tertiary/aromatic N) is 2. The molecule has 1 aliphatic carbocycles. The zero-order valence-corrected chi connectivity index (χ0v) is 19.6. The first-order valence-electron chi connectivity index (χ1n) is 13.0. The van der Waals surface area contributed by atoms with Crippen LogP contribution in [0.4, 0.5) is 0 Å². The molecule has 2 unspecified atom stereocenters. The lowest BCUT2D eigenvalue weighted by Gasteiger charge is -2.34. The van der Waals surface area contributed by atoms with Crippen LogP contribution in [0.3, 0.4) is 0 Å². The number of aliphatic hydroxyl groups is 1. The van der Waals surface area contributed by atoms with Crippen LogP contribution in [-0.4, -0.2) is 40.1 Å². The summed E-state index contributed by atoms with van der Waals surface area (Å²) in [7, 11) is 0. The molecule has 0 aromatic heterocycles. The maximum absolute atomic E-state index is 10.6. The third kappa shape index (κ3) is 4.23. The lowest BCUT2D eigenvalue weighted by molar-refractivity contribution is 0.0178. The van der Waals surface area contributed by atoms with E-state index in [9.17, 15) is 5.11 Å². The maximum Gasteiger partial charge on any atom is 0.0695 e. The molecule has 33 heavy (non-hydrogen) atoms. The van der Waals surface area contributed by atoms with E-state index in [0.717, 1.165) is 32.5 Å². The molecule has 6 rings (SSSR count). The number of aliphatic hydroxyl groups excluding tert-OH is 1. The predicted molar refractivity (Wildman–Crippen MR) is 135 cm³/mol. The monoisotopic (exact) mass is 440 g/mol. The highest BCUT2D eigenvalue weighted by molar-refractivity contribution is 5.90. The van der Waals surface area contributed by atoms with Crippen molar-refractivity contribution in [2.45, 2.75) is 76.2 Å². The average molecular weight is 441 g/mol. The molecule has 0 amide bonds. The molecule has 1 saturated carbocycles. The summed E-state index contributed by atoms with van der Waals surface area (Å²) in [6, 6.07) is 22.9. The fraction of sp³-hybridized carbons (Fsp3) is 0.467. The van der Waals surface area contributed by atoms with Crippen LogP contribution in [0.5, 0.6) is 0 Å². The summed E-state index contributed by atoms with van der Waals surface area (Å²) in [5.41, 5.74) is 5.97. The molecule has 0 bridgehead atoms. The van der Waals surface area contributed by atoms with Crippen LogP contribution in [0.2, 0.25) is 0 Å². The Morgan fingerprint density at radius 3 is 2.30 bits per heavy atom. The molecule has 3 aliphatic rings. The number of rotatable bonds is 4. The molecule has 3 heteroatoms. The smallest absolute Gasteiger partial charge is 0.0695 e. The summed E-state index contributed by atoms with van der Waals surface area (Å²) in [6.45, 7) is 5.36. The van der Waals surface area contributed by atoms with Gasteiger partial charge in [0.15, 0.2) is 0 Å². The molecule has 0 spiro atoms. The fourth-order valence-corrected chi connectivity index (χ4v) is 6.65. The Labute approximate surface area is 198 Å². The number of hydrogen-bond donors (Lipinski definition) is 1. The molecule has 1 saturated heterocycles. The zero-order valence-electron chi connectivity index (χ0n) is 19.6. The largest absolute Gasteiger partial charge is 0.391 e. The Kier molecular flexibility index (Phi) is 5.96. The van der Waals surface area contributed by atoms with E-state index >= 15 is 0 Å². The lowest BCUT2D eigenvalue weighted by atomic mass is 9.89. The van der Waals surface area contributed by atoms with Crippen molar-refractivity contribution >= 4 is 10.8 Å². The van der Waals surface area contributed by atoms with Crippen molar-refractivity contribution in [2.24, 2.45) is 0 Å². The van der Waals surface area contributed by atoms with Gasteiger partial charge >= 0.3 is 0 Å². The van der Waals surface area contributed by atoms with E-state index < -0.39 is 0 Å². The van der Waals surface area contributed by atoms with Gasteiger partial charge in [0.1, 0.15) is 0 Å². The van der Waals surface area contributed by atoms with Crippen molar-refractivity contribution < 1.29 is 5.11 Å². The molecule has 3 aromatic rings. The molecular weight excluding hydrogens is 404 g/mol. The molecule has 172 valence electrons. The number of fused-ring (bicyclic) bond motifs is 3. The first kappa shape index (κ1) is 21.3. The molecule has 0 radical (unpaired) electrons. The van der Waals surface area contributed by atoms with Gasteiger partial charge in [0, 0.05) is 25.7 Å². The number of likely N-dealkylation sites (tertiary alicyclic amines) is 1. The first-order chi connectivity index (χ1) is 16.3. The highest BCUT2D eigenvalue weighted by Crippen LogP contribution is 2.37. The van der Waals surface area contributed by atoms with E-state index in [0.29, 0.717) is 12.0 Å². The van der Waals surface area contributed by atoms with Gasteiger partial charge in [-0.2, -0.15) is 0 Å². The van der Waals surface area contributed by atoms with Gasteiger partial charge in [-0.3, -0.25) is 9.80 Å². The number of benzene rings is 3. The van der Waals surface area contributed by atoms with Crippen LogP contribution in [0.15, 0.2) is 60.7 Å². The Bertz CT molecular complexity index is 1100. The molecule has 2 aliphatic heterocycles. The van der Waals surface area contributed by atoms with E-state index in [4.69, 9.17) is 0 Å². The molecular formula is C30H36N2O. The van der Waals surface area contributed by atoms with Crippen molar-refractivity contribution in [1.82, 2.24) is 9.80 Å². The van der Waals surface area contributed by atoms with E-state index in [1.54, 1.807) is 0 Å². The second-order valence-corrected chi connectivity index (χ2v) is 10.5. The second kappa shape index (κ2) is 9.21. The van der Waals surface area contributed by atoms with Crippen molar-refractivity contribution in [2.75, 3.05) is 13.1 Å². The maximum atomic E-state index is 10.6. The van der Waals surface area contributed by atoms with Gasteiger partial charge in [-0.15, -0.1) is 0 Å². The number of piperidine rings is 1. The second-order valence-electron chi connectivity index (χ2n) is 10.5. The van der Waals surface area contributed by atoms with Crippen LogP contribution < -0.4 is 0 Å². The van der Waals surface area contributed by atoms with Crippen LogP contribution in [0.1, 0.15) is 66.7 Å². The summed E-state index contributed by atoms with van der Waals surface area (Å²) in [4.78, 5) is 5.21. The minimum absolute atomic E-state index is 0.162. The zero-order chi connectivity index (χ0) is 22.2. The lowest BCUT2D eigenvalue weighted by Crippen LogP contribution is -2.42. The van der Waals surface area contributed by atoms with Crippen molar-refractivity contribution in [3.05, 3.63) is 82.9 Å². The summed E-state index contributed by atoms with van der Waals surface area (Å²) < 4.78 is 0. The van der Waals surface area contributed by atoms with Gasteiger partial charge in [0.25, 0.3) is 0 Å². The Morgan fingerprint density at radius 1 is 0.788 bits per heavy atom. The summed E-state index contributed by atoms with van der Waals surface area (Å²) in [5, 5.41) is 13.5. The Balaban J connectivity index is 1.21. The van der Waals surface area contributed by atoms with Crippen LogP contribution in [-0.2, 0) is 19.6 Å². The molecule has 2 fully saturated rings. The van der Waals surface area contributed by atoms with E-state index in [1.165, 1.54) is 71.8 Å². The van der Waals surface area contributed by atoms with Crippen LogP contribution in [0.25, 0.3) is 10.8 Å². The van der Waals surface area contributed by atoms with Gasteiger partial charge in [-0.25, -0.2) is 0 Å². The van der Waals surface area contributed by atoms with Crippen molar-refractivity contribution in [3.63, 3.8) is 0 Å². The quantitative estimate of drug-likeness (QED) is 0.552. The van der Waals surface area contributed by atoms with E-state index in [2.05, 4.69) is 70.5 Å². The highest BCUT2D eigenvalue weighted by Gasteiger charge is 2.33. The van der Waals surface area contributed by atoms with Gasteiger partial charge in [-0.05, 0) is 77.7 Å². The fourth-order valence-electron chi connectivity index (χ4n) is 6.65. The SMILES string of the molecule is OC1CCCCC1N1Cc2cc(CN3CCC(c4ccccc4)CC3)c3ccccc3c2C1. The summed E-state index contributed by atoms with van der Waals surface area (Å²) >= 11 is 0. The predicted octanol–water partition coefficient (Wildman–Crippen LogP) is 5.84. The normalized spacial score (nSPS) is 24.9. The van der Waals surface area contributed by atoms with E-state index in [-0.39, 0.29) is 6.10 Å². The molecule has 3 nitrogen and oxygen atoms in total. The van der Waals surface area contributed by atoms with Gasteiger partial charge in [0.05, 0.1) is 6.10 Å². The number of hydrogen-bond acceptors (Lipinski definition) is 3. The Morgan fingerprint density at radius 2 is 1.52 bits per heavy atom. The van der Waals surface area contributed by atoms with Crippen LogP contribution in [0, 0.1) is 0 Å². The summed E-state index contributed by atoms with van der Waals surface area (Å²) in [5.74, 6) is 0.703. The summed E-state index contributed by atoms with van der Waals surface area (Å²) in [6.07, 6.45) is 6.86. The minimum Gasteiger partial charge on any atom is -0.391 e. The highest BCUT2D eigenvalue weighted by atomic mass is 16.3. The van der Waals surface area contributed by atoms with Gasteiger partial charge in [0.2, 0.25) is 0 Å². The average Bonchev–Trinajstić information content (AvgIpc) is 3.29. The van der Waals surface area contributed by atoms with Crippen molar-refractivity contribution in [1.29, 1.82) is 0 Å². The van der Waals surface area contributed by atoms with Gasteiger partial charge in [-0.1, -0.05) is 73.5 Å². The molecule has 1 N–H and O–H groups in total. The van der Waals surface area contributed by atoms with Crippen LogP contribution >= 0.6 is 0 Å². The minimum atomic E-state index is -0.162.